The molecule has 1 saturated carbocycles. The number of fused-ring (bicyclic) bond motifs is 1. The zero-order valence-corrected chi connectivity index (χ0v) is 17.1. The average Bonchev–Trinajstić information content (AvgIpc) is 2.77. The van der Waals surface area contributed by atoms with Crippen molar-refractivity contribution < 1.29 is 5.11 Å². The van der Waals surface area contributed by atoms with Gasteiger partial charge in [0.25, 0.3) is 0 Å². The van der Waals surface area contributed by atoms with Gasteiger partial charge in [-0.05, 0) is 31.0 Å². The third-order valence-corrected chi connectivity index (χ3v) is 4.77. The first-order valence-electron chi connectivity index (χ1n) is 10.4. The van der Waals surface area contributed by atoms with E-state index >= 15 is 0 Å². The van der Waals surface area contributed by atoms with Gasteiger partial charge in [0.15, 0.2) is 5.82 Å². The normalized spacial score (nSPS) is 13.9. The number of aromatic hydroxyl groups is 1. The van der Waals surface area contributed by atoms with Crippen LogP contribution in [0, 0.1) is 0 Å². The quantitative estimate of drug-likeness (QED) is 0.527. The SMILES string of the molecule is CC.CC.Oc1ccccc1-c1nc(C2CCCCC2)c2ccccc2n1. The molecule has 0 spiro atoms. The lowest BCUT2D eigenvalue weighted by molar-refractivity contribution is 0.439. The molecular formula is C24H32N2O. The summed E-state index contributed by atoms with van der Waals surface area (Å²) in [7, 11) is 0. The highest BCUT2D eigenvalue weighted by Gasteiger charge is 2.21. The molecular weight excluding hydrogens is 332 g/mol. The van der Waals surface area contributed by atoms with Crippen LogP contribution in [0.3, 0.4) is 0 Å². The van der Waals surface area contributed by atoms with Crippen LogP contribution in [0.4, 0.5) is 0 Å². The number of hydrogen-bond donors (Lipinski definition) is 1. The molecule has 1 N–H and O–H groups in total. The van der Waals surface area contributed by atoms with Crippen molar-refractivity contribution in [1.82, 2.24) is 9.97 Å². The molecule has 1 fully saturated rings. The van der Waals surface area contributed by atoms with Gasteiger partial charge in [-0.15, -0.1) is 0 Å². The van der Waals surface area contributed by atoms with Gasteiger partial charge in [0.1, 0.15) is 5.75 Å². The van der Waals surface area contributed by atoms with E-state index in [4.69, 9.17) is 9.97 Å². The highest BCUT2D eigenvalue weighted by atomic mass is 16.3. The standard InChI is InChI=1S/C20H20N2O.2C2H6/c23-18-13-7-5-11-16(18)20-21-17-12-6-4-10-15(17)19(22-20)14-8-2-1-3-9-14;2*1-2/h4-7,10-14,23H,1-3,8-9H2;2*1-2H3. The van der Waals surface area contributed by atoms with Crippen LogP contribution < -0.4 is 0 Å². The Morgan fingerprint density at radius 1 is 0.778 bits per heavy atom. The third kappa shape index (κ3) is 4.85. The Morgan fingerprint density at radius 3 is 2.11 bits per heavy atom. The summed E-state index contributed by atoms with van der Waals surface area (Å²) in [4.78, 5) is 9.58. The van der Waals surface area contributed by atoms with Crippen LogP contribution in [0.1, 0.15) is 71.4 Å². The van der Waals surface area contributed by atoms with Gasteiger partial charge in [0.2, 0.25) is 0 Å². The molecule has 0 aliphatic heterocycles. The van der Waals surface area contributed by atoms with Crippen molar-refractivity contribution >= 4 is 10.9 Å². The first kappa shape index (κ1) is 20.9. The monoisotopic (exact) mass is 364 g/mol. The van der Waals surface area contributed by atoms with E-state index in [2.05, 4.69) is 12.1 Å². The molecule has 3 aromatic rings. The maximum absolute atomic E-state index is 10.2. The van der Waals surface area contributed by atoms with Gasteiger partial charge in [-0.1, -0.05) is 77.3 Å². The molecule has 0 atom stereocenters. The van der Waals surface area contributed by atoms with Crippen LogP contribution in [-0.4, -0.2) is 15.1 Å². The Labute approximate surface area is 163 Å². The summed E-state index contributed by atoms with van der Waals surface area (Å²) in [5.74, 6) is 1.36. The molecule has 144 valence electrons. The van der Waals surface area contributed by atoms with Crippen LogP contribution in [-0.2, 0) is 0 Å². The lowest BCUT2D eigenvalue weighted by atomic mass is 9.85. The molecule has 4 rings (SSSR count). The summed E-state index contributed by atoms with van der Waals surface area (Å²) in [5, 5.41) is 11.3. The van der Waals surface area contributed by atoms with Gasteiger partial charge in [-0.3, -0.25) is 0 Å². The minimum Gasteiger partial charge on any atom is -0.507 e. The van der Waals surface area contributed by atoms with Crippen molar-refractivity contribution in [2.24, 2.45) is 0 Å². The molecule has 0 saturated heterocycles. The maximum atomic E-state index is 10.2. The summed E-state index contributed by atoms with van der Waals surface area (Å²) in [6.45, 7) is 8.00. The smallest absolute Gasteiger partial charge is 0.163 e. The predicted molar refractivity (Wildman–Crippen MR) is 115 cm³/mol. The summed E-state index contributed by atoms with van der Waals surface area (Å²) in [6.07, 6.45) is 6.26. The number of benzene rings is 2. The molecule has 3 nitrogen and oxygen atoms in total. The van der Waals surface area contributed by atoms with Crippen LogP contribution >= 0.6 is 0 Å². The maximum Gasteiger partial charge on any atom is 0.163 e. The minimum atomic E-state index is 0.234. The van der Waals surface area contributed by atoms with E-state index in [9.17, 15) is 5.11 Å². The van der Waals surface area contributed by atoms with Gasteiger partial charge >= 0.3 is 0 Å². The summed E-state index contributed by atoms with van der Waals surface area (Å²) in [6, 6.07) is 15.5. The van der Waals surface area contributed by atoms with E-state index in [1.807, 2.05) is 58.0 Å². The predicted octanol–water partition coefficient (Wildman–Crippen LogP) is 7.10. The Hall–Kier alpha value is -2.42. The van der Waals surface area contributed by atoms with Crippen LogP contribution in [0.15, 0.2) is 48.5 Å². The molecule has 3 heteroatoms. The number of rotatable bonds is 2. The molecule has 2 aromatic carbocycles. The van der Waals surface area contributed by atoms with Crippen molar-refractivity contribution in [3.05, 3.63) is 54.2 Å². The second-order valence-corrected chi connectivity index (χ2v) is 6.30. The van der Waals surface area contributed by atoms with Gasteiger partial charge in [0.05, 0.1) is 16.8 Å². The summed E-state index contributed by atoms with van der Waals surface area (Å²) >= 11 is 0. The molecule has 0 unspecified atom stereocenters. The van der Waals surface area contributed by atoms with Gasteiger partial charge in [-0.2, -0.15) is 0 Å². The number of phenols is 1. The summed E-state index contributed by atoms with van der Waals surface area (Å²) in [5.41, 5.74) is 2.81. The second kappa shape index (κ2) is 10.7. The molecule has 1 aliphatic rings. The van der Waals surface area contributed by atoms with E-state index in [-0.39, 0.29) is 5.75 Å². The van der Waals surface area contributed by atoms with Gasteiger partial charge < -0.3 is 5.11 Å². The van der Waals surface area contributed by atoms with Crippen LogP contribution in [0.25, 0.3) is 22.3 Å². The van der Waals surface area contributed by atoms with E-state index in [0.717, 1.165) is 16.6 Å². The Balaban J connectivity index is 0.000000614. The van der Waals surface area contributed by atoms with Crippen molar-refractivity contribution in [1.29, 1.82) is 0 Å². The van der Waals surface area contributed by atoms with Crippen molar-refractivity contribution in [3.8, 4) is 17.1 Å². The molecule has 0 bridgehead atoms. The van der Waals surface area contributed by atoms with E-state index in [1.54, 1.807) is 6.07 Å². The van der Waals surface area contributed by atoms with Crippen molar-refractivity contribution in [3.63, 3.8) is 0 Å². The number of para-hydroxylation sites is 2. The lowest BCUT2D eigenvalue weighted by Gasteiger charge is -2.22. The largest absolute Gasteiger partial charge is 0.507 e. The molecule has 1 aromatic heterocycles. The number of nitrogens with zero attached hydrogens (tertiary/aromatic N) is 2. The Kier molecular flexibility index (Phi) is 8.25. The minimum absolute atomic E-state index is 0.234. The van der Waals surface area contributed by atoms with Crippen molar-refractivity contribution in [2.45, 2.75) is 65.7 Å². The fourth-order valence-corrected chi connectivity index (χ4v) is 3.57. The first-order chi connectivity index (χ1) is 13.3. The lowest BCUT2D eigenvalue weighted by Crippen LogP contribution is -2.09. The second-order valence-electron chi connectivity index (χ2n) is 6.30. The fourth-order valence-electron chi connectivity index (χ4n) is 3.57. The topological polar surface area (TPSA) is 46.0 Å². The molecule has 1 heterocycles. The van der Waals surface area contributed by atoms with E-state index in [0.29, 0.717) is 17.3 Å². The highest BCUT2D eigenvalue weighted by Crippen LogP contribution is 2.36. The van der Waals surface area contributed by atoms with Crippen molar-refractivity contribution in [2.75, 3.05) is 0 Å². The fraction of sp³-hybridized carbons (Fsp3) is 0.417. The van der Waals surface area contributed by atoms with Gasteiger partial charge in [-0.25, -0.2) is 9.97 Å². The third-order valence-electron chi connectivity index (χ3n) is 4.77. The van der Waals surface area contributed by atoms with Gasteiger partial charge in [0, 0.05) is 11.3 Å². The van der Waals surface area contributed by atoms with Crippen LogP contribution in [0.2, 0.25) is 0 Å². The van der Waals surface area contributed by atoms with Crippen LogP contribution in [0.5, 0.6) is 5.75 Å². The number of aromatic nitrogens is 2. The molecule has 1 aliphatic carbocycles. The molecule has 27 heavy (non-hydrogen) atoms. The Morgan fingerprint density at radius 2 is 1.41 bits per heavy atom. The number of phenolic OH excluding ortho intramolecular Hbond substituents is 1. The average molecular weight is 365 g/mol. The molecule has 0 amide bonds. The van der Waals surface area contributed by atoms with E-state index < -0.39 is 0 Å². The highest BCUT2D eigenvalue weighted by molar-refractivity contribution is 5.83. The number of hydrogen-bond acceptors (Lipinski definition) is 3. The zero-order chi connectivity index (χ0) is 19.6. The zero-order valence-electron chi connectivity index (χ0n) is 17.1. The van der Waals surface area contributed by atoms with E-state index in [1.165, 1.54) is 32.1 Å². The summed E-state index contributed by atoms with van der Waals surface area (Å²) < 4.78 is 0. The Bertz CT molecular complexity index is 839. The molecule has 0 radical (unpaired) electrons. The first-order valence-corrected chi connectivity index (χ1v) is 10.4.